The molecule has 0 aromatic heterocycles. The second-order valence-electron chi connectivity index (χ2n) is 2.29. The minimum absolute atomic E-state index is 0. The van der Waals surface area contributed by atoms with E-state index in [0.29, 0.717) is 11.9 Å². The van der Waals surface area contributed by atoms with E-state index in [1.807, 2.05) is 6.07 Å². The summed E-state index contributed by atoms with van der Waals surface area (Å²) >= 11 is 0. The Morgan fingerprint density at radius 3 is 1.92 bits per heavy atom. The van der Waals surface area contributed by atoms with E-state index in [2.05, 4.69) is 11.7 Å². The van der Waals surface area contributed by atoms with Gasteiger partial charge in [0.1, 0.15) is 5.75 Å². The predicted octanol–water partition coefficient (Wildman–Crippen LogP) is -1.38. The molecule has 1 atom stereocenters. The topological polar surface area (TPSA) is 32.8 Å². The van der Waals surface area contributed by atoms with Gasteiger partial charge in [-0.05, 0) is 18.2 Å². The van der Waals surface area contributed by atoms with Crippen molar-refractivity contribution in [3.8, 4) is 5.75 Å². The Bertz CT molecular complexity index is 197. The van der Waals surface area contributed by atoms with Crippen LogP contribution in [0.1, 0.15) is 0 Å². The normalized spacial score (nSPS) is 18.2. The molecule has 2 rings (SSSR count). The average Bonchev–Trinajstić information content (AvgIpc) is 2.75. The Kier molecular flexibility index (Phi) is 6.48. The molecule has 2 nitrogen and oxygen atoms in total. The number of hydrogen-bond acceptors (Lipinski definition) is 2. The van der Waals surface area contributed by atoms with Gasteiger partial charge in [0, 0.05) is 6.61 Å². The number of phenols is 1. The third-order valence-corrected chi connectivity index (χ3v) is 1.16. The summed E-state index contributed by atoms with van der Waals surface area (Å²) in [6, 6.07) is 8.71. The summed E-state index contributed by atoms with van der Waals surface area (Å²) in [5, 5.41) is 8.63. The monoisotopic (exact) mass is 174 g/mol. The van der Waals surface area contributed by atoms with Gasteiger partial charge in [-0.25, -0.2) is 0 Å². The minimum atomic E-state index is 0. The van der Waals surface area contributed by atoms with E-state index in [0.717, 1.165) is 6.61 Å². The van der Waals surface area contributed by atoms with Gasteiger partial charge in [-0.1, -0.05) is 18.2 Å². The summed E-state index contributed by atoms with van der Waals surface area (Å²) in [6.07, 6.45) is 0.333. The van der Waals surface area contributed by atoms with Crippen molar-refractivity contribution in [3.05, 3.63) is 37.3 Å². The Morgan fingerprint density at radius 2 is 1.75 bits per heavy atom. The molecule has 0 aliphatic carbocycles. The molecule has 12 heavy (non-hydrogen) atoms. The standard InChI is InChI=1S/C6H6O.C3H5O.Na/c7-6-4-2-1-3-5-6;1-3-2-4-3;/h1-5,7H;3H,1-2H2;/q;-1;+1. The first-order chi connectivity index (χ1) is 5.29. The van der Waals surface area contributed by atoms with Gasteiger partial charge in [0.15, 0.2) is 0 Å². The molecule has 1 aliphatic rings. The van der Waals surface area contributed by atoms with Crippen LogP contribution in [0.5, 0.6) is 5.75 Å². The zero-order chi connectivity index (χ0) is 8.10. The first-order valence-corrected chi connectivity index (χ1v) is 3.48. The Labute approximate surface area is 94.8 Å². The van der Waals surface area contributed by atoms with E-state index in [1.165, 1.54) is 0 Å². The quantitative estimate of drug-likeness (QED) is 0.298. The molecule has 60 valence electrons. The van der Waals surface area contributed by atoms with Crippen molar-refractivity contribution in [1.29, 1.82) is 0 Å². The van der Waals surface area contributed by atoms with Gasteiger partial charge in [0.25, 0.3) is 0 Å². The molecule has 0 spiro atoms. The molecule has 0 bridgehead atoms. The fourth-order valence-corrected chi connectivity index (χ4v) is 0.496. The fourth-order valence-electron chi connectivity index (χ4n) is 0.496. The molecule has 1 aromatic carbocycles. The van der Waals surface area contributed by atoms with Crippen LogP contribution in [0.3, 0.4) is 0 Å². The number of hydrogen-bond donors (Lipinski definition) is 1. The number of aromatic hydroxyl groups is 1. The van der Waals surface area contributed by atoms with E-state index in [9.17, 15) is 0 Å². The molecule has 0 amide bonds. The molecular weight excluding hydrogens is 163 g/mol. The molecule has 0 radical (unpaired) electrons. The second kappa shape index (κ2) is 6.49. The maximum Gasteiger partial charge on any atom is 1.00 e. The molecule has 3 heteroatoms. The Morgan fingerprint density at radius 1 is 1.33 bits per heavy atom. The second-order valence-corrected chi connectivity index (χ2v) is 2.29. The fraction of sp³-hybridized carbons (Fsp3) is 0.222. The summed E-state index contributed by atoms with van der Waals surface area (Å²) in [5.74, 6) is 0.322. The first kappa shape index (κ1) is 12.0. The summed E-state index contributed by atoms with van der Waals surface area (Å²) in [4.78, 5) is 0. The molecule has 1 aromatic rings. The van der Waals surface area contributed by atoms with E-state index < -0.39 is 0 Å². The van der Waals surface area contributed by atoms with Crippen molar-refractivity contribution in [2.45, 2.75) is 6.10 Å². The van der Waals surface area contributed by atoms with Crippen LogP contribution in [0, 0.1) is 6.92 Å². The van der Waals surface area contributed by atoms with E-state index >= 15 is 0 Å². The number of benzene rings is 1. The summed E-state index contributed by atoms with van der Waals surface area (Å²) in [7, 11) is 0. The first-order valence-electron chi connectivity index (χ1n) is 3.48. The molecule has 0 saturated carbocycles. The third kappa shape index (κ3) is 6.68. The van der Waals surface area contributed by atoms with Crippen molar-refractivity contribution in [1.82, 2.24) is 0 Å². The summed E-state index contributed by atoms with van der Waals surface area (Å²) < 4.78 is 4.60. The van der Waals surface area contributed by atoms with Crippen LogP contribution in [0.25, 0.3) is 0 Å². The van der Waals surface area contributed by atoms with Crippen LogP contribution in [0.4, 0.5) is 0 Å². The van der Waals surface area contributed by atoms with Gasteiger partial charge in [0.2, 0.25) is 0 Å². The molecular formula is C9H11NaO2. The molecule has 1 heterocycles. The van der Waals surface area contributed by atoms with Crippen molar-refractivity contribution >= 4 is 0 Å². The van der Waals surface area contributed by atoms with Gasteiger partial charge in [0.05, 0.1) is 0 Å². The van der Waals surface area contributed by atoms with Gasteiger partial charge in [-0.2, -0.15) is 0 Å². The predicted molar refractivity (Wildman–Crippen MR) is 43.2 cm³/mol. The summed E-state index contributed by atoms with van der Waals surface area (Å²) in [6.45, 7) is 4.40. The van der Waals surface area contributed by atoms with Crippen molar-refractivity contribution < 1.29 is 39.4 Å². The van der Waals surface area contributed by atoms with Crippen LogP contribution in [0.2, 0.25) is 0 Å². The summed E-state index contributed by atoms with van der Waals surface area (Å²) in [5.41, 5.74) is 0. The van der Waals surface area contributed by atoms with Crippen LogP contribution in [-0.2, 0) is 4.74 Å². The number of phenolic OH excluding ortho intramolecular Hbond substituents is 1. The van der Waals surface area contributed by atoms with Gasteiger partial charge < -0.3 is 16.8 Å². The smallest absolute Gasteiger partial charge is 0.508 e. The Balaban J connectivity index is 0.000000209. The molecule has 1 fully saturated rings. The zero-order valence-corrected chi connectivity index (χ0v) is 9.23. The number of para-hydroxylation sites is 1. The molecule has 1 unspecified atom stereocenters. The molecule has 1 saturated heterocycles. The minimum Gasteiger partial charge on any atom is -0.508 e. The van der Waals surface area contributed by atoms with E-state index in [4.69, 9.17) is 5.11 Å². The zero-order valence-electron chi connectivity index (χ0n) is 7.23. The number of ether oxygens (including phenoxy) is 1. The van der Waals surface area contributed by atoms with Gasteiger partial charge in [-0.3, -0.25) is 0 Å². The molecule has 1 aliphatic heterocycles. The van der Waals surface area contributed by atoms with E-state index in [1.54, 1.807) is 24.3 Å². The Hall–Kier alpha value is -0.0200. The maximum absolute atomic E-state index is 8.63. The van der Waals surface area contributed by atoms with Crippen molar-refractivity contribution in [2.75, 3.05) is 6.61 Å². The SMILES string of the molecule is Oc1ccccc1.[CH2-]C1CO1.[Na+]. The third-order valence-electron chi connectivity index (χ3n) is 1.16. The number of epoxide rings is 1. The van der Waals surface area contributed by atoms with Crippen LogP contribution in [-0.4, -0.2) is 17.8 Å². The van der Waals surface area contributed by atoms with Gasteiger partial charge in [-0.15, -0.1) is 0 Å². The van der Waals surface area contributed by atoms with E-state index in [-0.39, 0.29) is 29.6 Å². The average molecular weight is 174 g/mol. The van der Waals surface area contributed by atoms with Crippen LogP contribution < -0.4 is 29.6 Å². The number of rotatable bonds is 0. The van der Waals surface area contributed by atoms with Crippen LogP contribution in [0.15, 0.2) is 30.3 Å². The largest absolute Gasteiger partial charge is 1.00 e. The van der Waals surface area contributed by atoms with Crippen molar-refractivity contribution in [2.24, 2.45) is 0 Å². The maximum atomic E-state index is 8.63. The van der Waals surface area contributed by atoms with Crippen LogP contribution >= 0.6 is 0 Å². The van der Waals surface area contributed by atoms with Gasteiger partial charge >= 0.3 is 29.6 Å². The molecule has 1 N–H and O–H groups in total. The van der Waals surface area contributed by atoms with Crippen molar-refractivity contribution in [3.63, 3.8) is 0 Å².